The van der Waals surface area contributed by atoms with E-state index in [0.29, 0.717) is 52.3 Å². The summed E-state index contributed by atoms with van der Waals surface area (Å²) >= 11 is 6.94. The molecule has 13 heteroatoms. The number of benzene rings is 2. The van der Waals surface area contributed by atoms with Gasteiger partial charge in [0, 0.05) is 50.6 Å². The van der Waals surface area contributed by atoms with Crippen LogP contribution in [0.1, 0.15) is 26.3 Å². The Hall–Kier alpha value is -3.87. The van der Waals surface area contributed by atoms with E-state index in [1.54, 1.807) is 13.1 Å². The molecule has 44 heavy (non-hydrogen) atoms. The van der Waals surface area contributed by atoms with Crippen molar-refractivity contribution < 1.29 is 17.9 Å². The van der Waals surface area contributed by atoms with E-state index >= 15 is 0 Å². The predicted octanol–water partition coefficient (Wildman–Crippen LogP) is 5.47. The first kappa shape index (κ1) is 31.6. The van der Waals surface area contributed by atoms with Gasteiger partial charge in [-0.05, 0) is 43.7 Å². The van der Waals surface area contributed by atoms with Crippen LogP contribution in [0, 0.1) is 5.92 Å². The number of para-hydroxylation sites is 1. The van der Waals surface area contributed by atoms with Crippen molar-refractivity contribution in [2.75, 3.05) is 49.5 Å². The molecule has 1 aliphatic rings. The largest absolute Gasteiger partial charge is 0.493 e. The van der Waals surface area contributed by atoms with Crippen LogP contribution >= 0.6 is 11.6 Å². The first-order valence-electron chi connectivity index (χ1n) is 14.6. The van der Waals surface area contributed by atoms with Gasteiger partial charge >= 0.3 is 0 Å². The minimum atomic E-state index is -4.05. The molecule has 3 heterocycles. The Bertz CT molecular complexity index is 1720. The van der Waals surface area contributed by atoms with Crippen LogP contribution in [0.25, 0.3) is 11.3 Å². The van der Waals surface area contributed by atoms with E-state index < -0.39 is 10.0 Å². The highest BCUT2D eigenvalue weighted by atomic mass is 35.5. The van der Waals surface area contributed by atoms with Gasteiger partial charge in [-0.2, -0.15) is 10.1 Å². The number of halogens is 1. The van der Waals surface area contributed by atoms with E-state index in [0.717, 1.165) is 31.9 Å². The number of hydrogen-bond donors (Lipinski definition) is 1. The van der Waals surface area contributed by atoms with Gasteiger partial charge in [0.2, 0.25) is 11.8 Å². The lowest BCUT2D eigenvalue weighted by molar-refractivity contribution is 0.272. The monoisotopic (exact) mass is 639 g/mol. The number of nitrogens with zero attached hydrogens (tertiary/aromatic N) is 6. The van der Waals surface area contributed by atoms with Crippen molar-refractivity contribution in [1.29, 1.82) is 0 Å². The Morgan fingerprint density at radius 2 is 1.73 bits per heavy atom. The average molecular weight is 640 g/mol. The molecular weight excluding hydrogens is 602 g/mol. The first-order valence-corrected chi connectivity index (χ1v) is 16.5. The second-order valence-corrected chi connectivity index (χ2v) is 13.2. The zero-order valence-electron chi connectivity index (χ0n) is 25.6. The highest BCUT2D eigenvalue weighted by molar-refractivity contribution is 7.92. The van der Waals surface area contributed by atoms with E-state index in [1.165, 1.54) is 17.1 Å². The van der Waals surface area contributed by atoms with Gasteiger partial charge in [-0.3, -0.25) is 4.68 Å². The van der Waals surface area contributed by atoms with Gasteiger partial charge in [0.25, 0.3) is 10.0 Å². The topological polar surface area (TPSA) is 115 Å². The Kier molecular flexibility index (Phi) is 9.62. The number of aromatic nitrogens is 4. The number of sulfonamides is 1. The molecule has 1 saturated heterocycles. The molecular formula is C31H38ClN7O4S. The molecule has 11 nitrogen and oxygen atoms in total. The summed E-state index contributed by atoms with van der Waals surface area (Å²) in [4.78, 5) is 13.8. The SMILES string of the molecule is CCc1c(Oc2cccc(N3CCN(C)CC3)c2Cl)nc(NS(=O)(=O)c2cnn(C)c2)nc1-c1ccccc1OCC(C)C. The van der Waals surface area contributed by atoms with Crippen LogP contribution < -0.4 is 19.1 Å². The summed E-state index contributed by atoms with van der Waals surface area (Å²) in [6, 6.07) is 13.2. The number of ether oxygens (including phenoxy) is 2. The van der Waals surface area contributed by atoms with Crippen molar-refractivity contribution in [3.05, 3.63) is 65.4 Å². The number of anilines is 2. The third-order valence-corrected chi connectivity index (χ3v) is 8.91. The minimum absolute atomic E-state index is 0.0178. The Balaban J connectivity index is 1.61. The third kappa shape index (κ3) is 7.09. The second kappa shape index (κ2) is 13.4. The zero-order chi connectivity index (χ0) is 31.4. The van der Waals surface area contributed by atoms with Crippen LogP contribution in [0.15, 0.2) is 59.8 Å². The lowest BCUT2D eigenvalue weighted by atomic mass is 10.0. The maximum Gasteiger partial charge on any atom is 0.267 e. The van der Waals surface area contributed by atoms with Crippen LogP contribution in [-0.2, 0) is 23.5 Å². The molecule has 234 valence electrons. The summed E-state index contributed by atoms with van der Waals surface area (Å²) in [7, 11) is -0.305. The summed E-state index contributed by atoms with van der Waals surface area (Å²) in [6.07, 6.45) is 3.16. The number of rotatable bonds is 11. The zero-order valence-corrected chi connectivity index (χ0v) is 27.2. The summed E-state index contributed by atoms with van der Waals surface area (Å²) in [6.45, 7) is 10.1. The number of likely N-dealkylation sites (N-methyl/N-ethyl adjacent to an activating group) is 1. The van der Waals surface area contributed by atoms with Crippen LogP contribution in [-0.4, -0.2) is 72.9 Å². The van der Waals surface area contributed by atoms with Gasteiger partial charge in [-0.1, -0.05) is 50.6 Å². The van der Waals surface area contributed by atoms with Gasteiger partial charge in [0.15, 0.2) is 0 Å². The van der Waals surface area contributed by atoms with E-state index in [9.17, 15) is 8.42 Å². The number of aryl methyl sites for hydroxylation is 1. The molecule has 2 aromatic heterocycles. The highest BCUT2D eigenvalue weighted by Gasteiger charge is 2.25. The van der Waals surface area contributed by atoms with Gasteiger partial charge in [0.1, 0.15) is 21.4 Å². The summed E-state index contributed by atoms with van der Waals surface area (Å²) in [5.41, 5.74) is 2.73. The van der Waals surface area contributed by atoms with Gasteiger partial charge in [-0.15, -0.1) is 0 Å². The lowest BCUT2D eigenvalue weighted by Gasteiger charge is -2.34. The standard InChI is InChI=1S/C31H38ClN7O4S/c1-6-23-29(24-10-7-8-12-26(24)42-20-21(2)3)34-31(36-44(40,41)22-18-33-38(5)19-22)35-30(23)43-27-13-9-11-25(28(27)32)39-16-14-37(4)15-17-39/h7-13,18-19,21H,6,14-17,20H2,1-5H3,(H,34,35,36). The molecule has 0 atom stereocenters. The molecule has 5 rings (SSSR count). The molecule has 1 fully saturated rings. The number of nitrogens with one attached hydrogen (secondary N) is 1. The van der Waals surface area contributed by atoms with E-state index in [1.807, 2.05) is 43.3 Å². The third-order valence-electron chi connectivity index (χ3n) is 7.25. The van der Waals surface area contributed by atoms with Crippen LogP contribution in [0.5, 0.6) is 17.4 Å². The second-order valence-electron chi connectivity index (χ2n) is 11.2. The molecule has 0 saturated carbocycles. The molecule has 0 bridgehead atoms. The van der Waals surface area contributed by atoms with Gasteiger partial charge < -0.3 is 19.3 Å². The molecule has 2 aromatic carbocycles. The van der Waals surface area contributed by atoms with Crippen molar-refractivity contribution >= 4 is 33.3 Å². The summed E-state index contributed by atoms with van der Waals surface area (Å²) < 4.78 is 43.1. The maximum atomic E-state index is 13.3. The van der Waals surface area contributed by atoms with Crippen molar-refractivity contribution in [3.8, 4) is 28.6 Å². The number of hydrogen-bond acceptors (Lipinski definition) is 9. The number of piperazine rings is 1. The average Bonchev–Trinajstić information content (AvgIpc) is 3.45. The van der Waals surface area contributed by atoms with Crippen LogP contribution in [0.2, 0.25) is 5.02 Å². The molecule has 0 spiro atoms. The molecule has 0 amide bonds. The molecule has 1 aliphatic heterocycles. The summed E-state index contributed by atoms with van der Waals surface area (Å²) in [5, 5.41) is 4.45. The van der Waals surface area contributed by atoms with E-state index in [2.05, 4.69) is 45.5 Å². The predicted molar refractivity (Wildman–Crippen MR) is 172 cm³/mol. The minimum Gasteiger partial charge on any atom is -0.493 e. The van der Waals surface area contributed by atoms with E-state index in [-0.39, 0.29) is 16.7 Å². The van der Waals surface area contributed by atoms with Crippen LogP contribution in [0.3, 0.4) is 0 Å². The quantitative estimate of drug-likeness (QED) is 0.228. The fraction of sp³-hybridized carbons (Fsp3) is 0.387. The lowest BCUT2D eigenvalue weighted by Crippen LogP contribution is -2.44. The Morgan fingerprint density at radius 1 is 1.00 bits per heavy atom. The van der Waals surface area contributed by atoms with Crippen molar-refractivity contribution in [1.82, 2.24) is 24.6 Å². The molecule has 0 radical (unpaired) electrons. The smallest absolute Gasteiger partial charge is 0.267 e. The Morgan fingerprint density at radius 3 is 2.41 bits per heavy atom. The highest BCUT2D eigenvalue weighted by Crippen LogP contribution is 2.41. The van der Waals surface area contributed by atoms with Gasteiger partial charge in [0.05, 0.1) is 24.2 Å². The van der Waals surface area contributed by atoms with E-state index in [4.69, 9.17) is 26.1 Å². The first-order chi connectivity index (χ1) is 21.1. The normalized spacial score (nSPS) is 14.2. The van der Waals surface area contributed by atoms with Crippen LogP contribution in [0.4, 0.5) is 11.6 Å². The summed E-state index contributed by atoms with van der Waals surface area (Å²) in [5.74, 6) is 1.37. The Labute approximate surface area is 263 Å². The van der Waals surface area contributed by atoms with Crippen molar-refractivity contribution in [3.63, 3.8) is 0 Å². The fourth-order valence-corrected chi connectivity index (χ4v) is 6.08. The molecule has 1 N–H and O–H groups in total. The maximum absolute atomic E-state index is 13.3. The fourth-order valence-electron chi connectivity index (χ4n) is 4.87. The van der Waals surface area contributed by atoms with Gasteiger partial charge in [-0.25, -0.2) is 18.1 Å². The van der Waals surface area contributed by atoms with Crippen molar-refractivity contribution in [2.45, 2.75) is 32.1 Å². The molecule has 0 aliphatic carbocycles. The molecule has 0 unspecified atom stereocenters. The molecule has 4 aromatic rings. The van der Waals surface area contributed by atoms with Crippen molar-refractivity contribution in [2.24, 2.45) is 13.0 Å².